The number of hydrogen-bond donors (Lipinski definition) is 0. The molecule has 2 aliphatic rings. The Bertz CT molecular complexity index is 927. The molecular weight excluding hydrogens is 391 g/mol. The largest absolute Gasteiger partial charge is 0.334 e. The maximum absolute atomic E-state index is 13.2. The van der Waals surface area contributed by atoms with Crippen LogP contribution in [0.15, 0.2) is 24.3 Å². The molecule has 0 bridgehead atoms. The Balaban J connectivity index is 1.48. The van der Waals surface area contributed by atoms with Gasteiger partial charge in [0.15, 0.2) is 0 Å². The lowest BCUT2D eigenvalue weighted by molar-refractivity contribution is 0.0620. The summed E-state index contributed by atoms with van der Waals surface area (Å²) in [4.78, 5) is 36.5. The molecule has 0 spiro atoms. The van der Waals surface area contributed by atoms with Crippen molar-refractivity contribution in [1.29, 1.82) is 0 Å². The molecule has 2 aliphatic heterocycles. The number of rotatable bonds is 4. The van der Waals surface area contributed by atoms with E-state index in [9.17, 15) is 14.0 Å². The van der Waals surface area contributed by atoms with Crippen molar-refractivity contribution >= 4 is 23.3 Å². The fourth-order valence-corrected chi connectivity index (χ4v) is 5.05. The predicted octanol–water partition coefficient (Wildman–Crippen LogP) is 3.48. The maximum atomic E-state index is 13.2. The molecule has 6 nitrogen and oxygen atoms in total. The van der Waals surface area contributed by atoms with Gasteiger partial charge in [-0.3, -0.25) is 4.79 Å². The number of piperazine rings is 1. The molecule has 0 saturated carbocycles. The molecular formula is C21H25FN4O2S. The number of thiazole rings is 1. The Hall–Kier alpha value is -2.48. The first-order valence-electron chi connectivity index (χ1n) is 9.91. The van der Waals surface area contributed by atoms with Gasteiger partial charge in [0.25, 0.3) is 5.91 Å². The number of fused-ring (bicyclic) bond motifs is 1. The van der Waals surface area contributed by atoms with Crippen molar-refractivity contribution in [3.63, 3.8) is 0 Å². The summed E-state index contributed by atoms with van der Waals surface area (Å²) in [5, 5.41) is 0.712. The van der Waals surface area contributed by atoms with Crippen molar-refractivity contribution in [1.82, 2.24) is 19.7 Å². The third kappa shape index (κ3) is 3.85. The van der Waals surface area contributed by atoms with Gasteiger partial charge in [0.2, 0.25) is 0 Å². The summed E-state index contributed by atoms with van der Waals surface area (Å²) < 4.78 is 13.2. The maximum Gasteiger partial charge on any atom is 0.320 e. The van der Waals surface area contributed by atoms with Crippen molar-refractivity contribution < 1.29 is 14.0 Å². The average molecular weight is 417 g/mol. The summed E-state index contributed by atoms with van der Waals surface area (Å²) in [6.07, 6.45) is 0. The molecule has 1 aromatic heterocycles. The first-order valence-corrected chi connectivity index (χ1v) is 10.7. The lowest BCUT2D eigenvalue weighted by Gasteiger charge is -2.36. The highest BCUT2D eigenvalue weighted by Crippen LogP contribution is 2.30. The summed E-state index contributed by atoms with van der Waals surface area (Å²) in [6.45, 7) is 9.08. The van der Waals surface area contributed by atoms with E-state index >= 15 is 0 Å². The van der Waals surface area contributed by atoms with Crippen LogP contribution in [0, 0.1) is 18.7 Å². The van der Waals surface area contributed by atoms with Gasteiger partial charge in [-0.1, -0.05) is 13.8 Å². The number of halogens is 1. The first kappa shape index (κ1) is 19.8. The van der Waals surface area contributed by atoms with Crippen molar-refractivity contribution in [3.8, 4) is 10.6 Å². The van der Waals surface area contributed by atoms with Crippen LogP contribution in [0.2, 0.25) is 0 Å². The molecule has 2 aromatic rings. The minimum absolute atomic E-state index is 0.0391. The van der Waals surface area contributed by atoms with E-state index < -0.39 is 0 Å². The molecule has 154 valence electrons. The summed E-state index contributed by atoms with van der Waals surface area (Å²) in [6, 6.07) is 6.27. The van der Waals surface area contributed by atoms with Crippen molar-refractivity contribution in [3.05, 3.63) is 40.7 Å². The third-order valence-electron chi connectivity index (χ3n) is 5.38. The zero-order valence-electron chi connectivity index (χ0n) is 16.9. The van der Waals surface area contributed by atoms with Gasteiger partial charge in [0, 0.05) is 38.3 Å². The highest BCUT2D eigenvalue weighted by atomic mass is 32.1. The number of amides is 3. The van der Waals surface area contributed by atoms with E-state index in [1.165, 1.54) is 23.5 Å². The molecule has 0 N–H and O–H groups in total. The van der Waals surface area contributed by atoms with Crippen LogP contribution in [-0.4, -0.2) is 70.4 Å². The molecule has 8 heteroatoms. The zero-order valence-corrected chi connectivity index (χ0v) is 17.7. The SMILES string of the molecule is Cc1nc(-c2ccc(F)cc2)sc1C(=O)N1CCN2C(=O)N(CC(C)C)C[C@H]2C1. The van der Waals surface area contributed by atoms with Gasteiger partial charge in [-0.15, -0.1) is 11.3 Å². The number of benzene rings is 1. The number of hydrogen-bond acceptors (Lipinski definition) is 4. The molecule has 0 unspecified atom stereocenters. The molecule has 4 rings (SSSR count). The van der Waals surface area contributed by atoms with E-state index in [0.717, 1.165) is 12.1 Å². The highest BCUT2D eigenvalue weighted by molar-refractivity contribution is 7.17. The number of carbonyl (C=O) groups is 2. The van der Waals surface area contributed by atoms with Crippen LogP contribution < -0.4 is 0 Å². The lowest BCUT2D eigenvalue weighted by Crippen LogP contribution is -2.53. The zero-order chi connectivity index (χ0) is 20.7. The average Bonchev–Trinajstić information content (AvgIpc) is 3.21. The molecule has 1 atom stereocenters. The fourth-order valence-electron chi connectivity index (χ4n) is 4.01. The smallest absolute Gasteiger partial charge is 0.320 e. The molecule has 29 heavy (non-hydrogen) atoms. The Labute approximate surface area is 173 Å². The standard InChI is InChI=1S/C21H25FN4O2S/c1-13(2)10-25-12-17-11-24(8-9-26(17)21(25)28)20(27)18-14(3)23-19(29-18)15-4-6-16(22)7-5-15/h4-7,13,17H,8-12H2,1-3H3/t17-/m1/s1. The second kappa shape index (κ2) is 7.74. The van der Waals surface area contributed by atoms with E-state index in [1.807, 2.05) is 21.6 Å². The van der Waals surface area contributed by atoms with E-state index in [4.69, 9.17) is 0 Å². The van der Waals surface area contributed by atoms with Crippen molar-refractivity contribution in [2.45, 2.75) is 26.8 Å². The van der Waals surface area contributed by atoms with E-state index in [1.54, 1.807) is 12.1 Å². The quantitative estimate of drug-likeness (QED) is 0.767. The van der Waals surface area contributed by atoms with Gasteiger partial charge >= 0.3 is 6.03 Å². The van der Waals surface area contributed by atoms with Gasteiger partial charge in [-0.2, -0.15) is 0 Å². The van der Waals surface area contributed by atoms with Gasteiger partial charge in [0.05, 0.1) is 11.7 Å². The number of aromatic nitrogens is 1. The Morgan fingerprint density at radius 3 is 2.66 bits per heavy atom. The van der Waals surface area contributed by atoms with Crippen LogP contribution in [0.5, 0.6) is 0 Å². The normalized spacial score (nSPS) is 19.3. The van der Waals surface area contributed by atoms with Gasteiger partial charge in [-0.25, -0.2) is 14.2 Å². The first-order chi connectivity index (χ1) is 13.8. The number of nitrogens with zero attached hydrogens (tertiary/aromatic N) is 4. The highest BCUT2D eigenvalue weighted by Gasteiger charge is 2.42. The molecule has 2 saturated heterocycles. The second-order valence-corrected chi connectivity index (χ2v) is 9.12. The van der Waals surface area contributed by atoms with Crippen molar-refractivity contribution in [2.75, 3.05) is 32.7 Å². The molecule has 0 aliphatic carbocycles. The summed E-state index contributed by atoms with van der Waals surface area (Å²) in [5.41, 5.74) is 1.49. The lowest BCUT2D eigenvalue weighted by atomic mass is 10.1. The van der Waals surface area contributed by atoms with Crippen LogP contribution in [0.25, 0.3) is 10.6 Å². The van der Waals surface area contributed by atoms with Crippen LogP contribution in [0.1, 0.15) is 29.2 Å². The van der Waals surface area contributed by atoms with Crippen LogP contribution in [0.3, 0.4) is 0 Å². The third-order valence-corrected chi connectivity index (χ3v) is 6.58. The predicted molar refractivity (Wildman–Crippen MR) is 110 cm³/mol. The van der Waals surface area contributed by atoms with Crippen LogP contribution in [0.4, 0.5) is 9.18 Å². The molecule has 1 aromatic carbocycles. The van der Waals surface area contributed by atoms with E-state index in [2.05, 4.69) is 18.8 Å². The van der Waals surface area contributed by atoms with Crippen LogP contribution >= 0.6 is 11.3 Å². The number of urea groups is 1. The topological polar surface area (TPSA) is 56.8 Å². The Morgan fingerprint density at radius 2 is 1.97 bits per heavy atom. The fraction of sp³-hybridized carbons (Fsp3) is 0.476. The minimum Gasteiger partial charge on any atom is -0.334 e. The summed E-state index contributed by atoms with van der Waals surface area (Å²) in [5.74, 6) is 0.0827. The molecule has 0 radical (unpaired) electrons. The van der Waals surface area contributed by atoms with Gasteiger partial charge < -0.3 is 14.7 Å². The van der Waals surface area contributed by atoms with E-state index in [-0.39, 0.29) is 23.8 Å². The minimum atomic E-state index is -0.297. The summed E-state index contributed by atoms with van der Waals surface area (Å²) >= 11 is 1.34. The monoisotopic (exact) mass is 416 g/mol. The Morgan fingerprint density at radius 1 is 1.24 bits per heavy atom. The summed E-state index contributed by atoms with van der Waals surface area (Å²) in [7, 11) is 0. The van der Waals surface area contributed by atoms with Crippen molar-refractivity contribution in [2.24, 2.45) is 5.92 Å². The second-order valence-electron chi connectivity index (χ2n) is 8.12. The molecule has 3 amide bonds. The number of carbonyl (C=O) groups excluding carboxylic acids is 2. The van der Waals surface area contributed by atoms with E-state index in [0.29, 0.717) is 47.7 Å². The van der Waals surface area contributed by atoms with Crippen LogP contribution in [-0.2, 0) is 0 Å². The van der Waals surface area contributed by atoms with Gasteiger partial charge in [0.1, 0.15) is 15.7 Å². The molecule has 3 heterocycles. The molecule has 2 fully saturated rings. The Kier molecular flexibility index (Phi) is 5.29. The number of aryl methyl sites for hydroxylation is 1. The van der Waals surface area contributed by atoms with Gasteiger partial charge in [-0.05, 0) is 37.1 Å².